The van der Waals surface area contributed by atoms with E-state index in [-0.39, 0.29) is 5.92 Å². The van der Waals surface area contributed by atoms with Gasteiger partial charge >= 0.3 is 5.97 Å². The van der Waals surface area contributed by atoms with Crippen LogP contribution in [-0.4, -0.2) is 11.1 Å². The molecule has 0 fully saturated rings. The Morgan fingerprint density at radius 1 is 1.40 bits per heavy atom. The van der Waals surface area contributed by atoms with Gasteiger partial charge in [0.25, 0.3) is 0 Å². The zero-order valence-electron chi connectivity index (χ0n) is 8.53. The Hall–Kier alpha value is -0.830. The van der Waals surface area contributed by atoms with Gasteiger partial charge in [-0.3, -0.25) is 4.79 Å². The van der Waals surface area contributed by atoms with Gasteiger partial charge in [-0.05, 0) is 42.0 Å². The maximum atomic E-state index is 11.1. The van der Waals surface area contributed by atoms with Crippen molar-refractivity contribution >= 4 is 21.9 Å². The zero-order valence-corrected chi connectivity index (χ0v) is 10.1. The van der Waals surface area contributed by atoms with Gasteiger partial charge in [-0.2, -0.15) is 0 Å². The minimum Gasteiger partial charge on any atom is -0.481 e. The van der Waals surface area contributed by atoms with Crippen LogP contribution in [0.1, 0.15) is 42.7 Å². The Labute approximate surface area is 97.4 Å². The first-order chi connectivity index (χ1) is 7.09. The molecule has 2 rings (SSSR count). The molecule has 0 radical (unpaired) electrons. The molecule has 0 bridgehead atoms. The van der Waals surface area contributed by atoms with Gasteiger partial charge in [0.2, 0.25) is 0 Å². The second kappa shape index (κ2) is 3.97. The number of rotatable bonds is 1. The summed E-state index contributed by atoms with van der Waals surface area (Å²) in [5, 5.41) is 9.15. The van der Waals surface area contributed by atoms with Gasteiger partial charge in [0.1, 0.15) is 0 Å². The maximum absolute atomic E-state index is 11.1. The summed E-state index contributed by atoms with van der Waals surface area (Å²) in [7, 11) is 0. The predicted molar refractivity (Wildman–Crippen MR) is 62.2 cm³/mol. The summed E-state index contributed by atoms with van der Waals surface area (Å²) in [5.74, 6) is -0.557. The first-order valence-electron chi connectivity index (χ1n) is 5.11. The van der Waals surface area contributed by atoms with Crippen LogP contribution in [0.25, 0.3) is 0 Å². The lowest BCUT2D eigenvalue weighted by Crippen LogP contribution is -2.19. The molecule has 0 spiro atoms. The van der Waals surface area contributed by atoms with Gasteiger partial charge in [0.05, 0.1) is 5.92 Å². The second-order valence-corrected chi connectivity index (χ2v) is 5.06. The lowest BCUT2D eigenvalue weighted by molar-refractivity contribution is -0.139. The van der Waals surface area contributed by atoms with E-state index in [4.69, 9.17) is 5.11 Å². The van der Waals surface area contributed by atoms with Crippen LogP contribution in [0, 0.1) is 0 Å². The standard InChI is InChI=1S/C12H13BrO2/c1-7-2-4-10(12(14)15)11-6-8(13)3-5-9(7)11/h3,5-7,10H,2,4H2,1H3,(H,14,15). The third-order valence-corrected chi connectivity index (χ3v) is 3.63. The topological polar surface area (TPSA) is 37.3 Å². The number of fused-ring (bicyclic) bond motifs is 1. The Morgan fingerprint density at radius 2 is 2.13 bits per heavy atom. The van der Waals surface area contributed by atoms with E-state index in [9.17, 15) is 4.79 Å². The Bertz CT molecular complexity index is 401. The number of carboxylic acid groups (broad SMARTS) is 1. The van der Waals surface area contributed by atoms with Gasteiger partial charge in [0, 0.05) is 4.47 Å². The fraction of sp³-hybridized carbons (Fsp3) is 0.417. The van der Waals surface area contributed by atoms with E-state index in [2.05, 4.69) is 22.9 Å². The van der Waals surface area contributed by atoms with E-state index in [1.54, 1.807) is 0 Å². The van der Waals surface area contributed by atoms with Crippen molar-refractivity contribution in [1.29, 1.82) is 0 Å². The van der Waals surface area contributed by atoms with Crippen LogP contribution >= 0.6 is 15.9 Å². The molecule has 15 heavy (non-hydrogen) atoms. The van der Waals surface area contributed by atoms with Crippen molar-refractivity contribution in [3.8, 4) is 0 Å². The second-order valence-electron chi connectivity index (χ2n) is 4.14. The highest BCUT2D eigenvalue weighted by Crippen LogP contribution is 2.39. The predicted octanol–water partition coefficient (Wildman–Crippen LogP) is 3.51. The molecule has 3 heteroatoms. The summed E-state index contributed by atoms with van der Waals surface area (Å²) >= 11 is 3.39. The van der Waals surface area contributed by atoms with E-state index >= 15 is 0 Å². The molecule has 1 N–H and O–H groups in total. The van der Waals surface area contributed by atoms with Crippen LogP contribution in [0.15, 0.2) is 22.7 Å². The zero-order chi connectivity index (χ0) is 11.0. The largest absolute Gasteiger partial charge is 0.481 e. The fourth-order valence-electron chi connectivity index (χ4n) is 2.28. The highest BCUT2D eigenvalue weighted by Gasteiger charge is 2.29. The van der Waals surface area contributed by atoms with Gasteiger partial charge in [-0.15, -0.1) is 0 Å². The average Bonchev–Trinajstić information content (AvgIpc) is 2.17. The normalized spacial score (nSPS) is 24.7. The monoisotopic (exact) mass is 268 g/mol. The molecule has 1 aliphatic carbocycles. The third-order valence-electron chi connectivity index (χ3n) is 3.14. The quantitative estimate of drug-likeness (QED) is 0.847. The Balaban J connectivity index is 2.51. The SMILES string of the molecule is CC1CCC(C(=O)O)c2cc(Br)ccc21. The molecule has 2 unspecified atom stereocenters. The lowest BCUT2D eigenvalue weighted by atomic mass is 9.77. The van der Waals surface area contributed by atoms with E-state index in [0.29, 0.717) is 5.92 Å². The van der Waals surface area contributed by atoms with Crippen molar-refractivity contribution in [3.05, 3.63) is 33.8 Å². The molecule has 0 saturated carbocycles. The molecule has 0 saturated heterocycles. The number of hydrogen-bond donors (Lipinski definition) is 1. The molecule has 1 aliphatic rings. The van der Waals surface area contributed by atoms with Crippen molar-refractivity contribution < 1.29 is 9.90 Å². The Morgan fingerprint density at radius 3 is 2.80 bits per heavy atom. The molecule has 2 atom stereocenters. The number of carbonyl (C=O) groups is 1. The van der Waals surface area contributed by atoms with E-state index in [1.165, 1.54) is 5.56 Å². The van der Waals surface area contributed by atoms with Crippen LogP contribution in [0.3, 0.4) is 0 Å². The smallest absolute Gasteiger partial charge is 0.310 e. The van der Waals surface area contributed by atoms with Gasteiger partial charge < -0.3 is 5.11 Å². The molecule has 1 aromatic rings. The Kier molecular flexibility index (Phi) is 2.83. The third kappa shape index (κ3) is 1.93. The maximum Gasteiger partial charge on any atom is 0.310 e. The van der Waals surface area contributed by atoms with Gasteiger partial charge in [0.15, 0.2) is 0 Å². The summed E-state index contributed by atoms with van der Waals surface area (Å²) in [6.45, 7) is 2.16. The van der Waals surface area contributed by atoms with Crippen LogP contribution in [0.2, 0.25) is 0 Å². The number of aliphatic carboxylic acids is 1. The summed E-state index contributed by atoms with van der Waals surface area (Å²) in [6, 6.07) is 5.97. The van der Waals surface area contributed by atoms with Crippen molar-refractivity contribution in [2.45, 2.75) is 31.6 Å². The highest BCUT2D eigenvalue weighted by atomic mass is 79.9. The van der Waals surface area contributed by atoms with Gasteiger partial charge in [-0.1, -0.05) is 28.9 Å². The van der Waals surface area contributed by atoms with E-state index in [0.717, 1.165) is 22.9 Å². The molecule has 2 nitrogen and oxygen atoms in total. The number of halogens is 1. The molecular formula is C12H13BrO2. The van der Waals surface area contributed by atoms with Crippen molar-refractivity contribution in [3.63, 3.8) is 0 Å². The first kappa shape index (κ1) is 10.7. The van der Waals surface area contributed by atoms with E-state index < -0.39 is 5.97 Å². The van der Waals surface area contributed by atoms with Crippen LogP contribution in [-0.2, 0) is 4.79 Å². The minimum atomic E-state index is -0.707. The van der Waals surface area contributed by atoms with Crippen molar-refractivity contribution in [2.24, 2.45) is 0 Å². The number of carboxylic acids is 1. The van der Waals surface area contributed by atoms with Crippen molar-refractivity contribution in [2.75, 3.05) is 0 Å². The molecule has 0 amide bonds. The van der Waals surface area contributed by atoms with Crippen LogP contribution < -0.4 is 0 Å². The van der Waals surface area contributed by atoms with E-state index in [1.807, 2.05) is 18.2 Å². The first-order valence-corrected chi connectivity index (χ1v) is 5.91. The fourth-order valence-corrected chi connectivity index (χ4v) is 2.66. The molecular weight excluding hydrogens is 256 g/mol. The summed E-state index contributed by atoms with van der Waals surface area (Å²) in [5.41, 5.74) is 2.17. The van der Waals surface area contributed by atoms with Crippen LogP contribution in [0.5, 0.6) is 0 Å². The highest BCUT2D eigenvalue weighted by molar-refractivity contribution is 9.10. The summed E-state index contributed by atoms with van der Waals surface area (Å²) < 4.78 is 0.960. The lowest BCUT2D eigenvalue weighted by Gasteiger charge is -2.27. The summed E-state index contributed by atoms with van der Waals surface area (Å²) in [6.07, 6.45) is 1.71. The van der Waals surface area contributed by atoms with Crippen molar-refractivity contribution in [1.82, 2.24) is 0 Å². The minimum absolute atomic E-state index is 0.325. The average molecular weight is 269 g/mol. The number of hydrogen-bond acceptors (Lipinski definition) is 1. The molecule has 0 aliphatic heterocycles. The van der Waals surface area contributed by atoms with Gasteiger partial charge in [-0.25, -0.2) is 0 Å². The molecule has 1 aromatic carbocycles. The molecule has 0 heterocycles. The molecule has 0 aromatic heterocycles. The molecule has 80 valence electrons. The summed E-state index contributed by atoms with van der Waals surface area (Å²) in [4.78, 5) is 11.1. The number of benzene rings is 1. The van der Waals surface area contributed by atoms with Crippen LogP contribution in [0.4, 0.5) is 0 Å².